The predicted molar refractivity (Wildman–Crippen MR) is 67.5 cm³/mol. The van der Waals surface area contributed by atoms with E-state index in [-0.39, 0.29) is 0 Å². The molecule has 0 saturated heterocycles. The summed E-state index contributed by atoms with van der Waals surface area (Å²) in [4.78, 5) is 0. The standard InChI is InChI=1S/C13H16F2N4/c1-2-5-16-7-11-9-19(18-17-11)8-10-3-4-12(14)13(15)6-10/h3-4,6,9,16H,2,5,7-8H2,1H3. The second kappa shape index (κ2) is 6.38. The summed E-state index contributed by atoms with van der Waals surface area (Å²) in [5, 5.41) is 11.2. The second-order valence-corrected chi connectivity index (χ2v) is 4.33. The minimum atomic E-state index is -0.845. The number of hydrogen-bond donors (Lipinski definition) is 1. The maximum absolute atomic E-state index is 13.1. The summed E-state index contributed by atoms with van der Waals surface area (Å²) >= 11 is 0. The average molecular weight is 266 g/mol. The van der Waals surface area contributed by atoms with Crippen molar-refractivity contribution >= 4 is 0 Å². The number of nitrogens with one attached hydrogen (secondary N) is 1. The molecule has 0 radical (unpaired) electrons. The molecule has 2 aromatic rings. The van der Waals surface area contributed by atoms with E-state index >= 15 is 0 Å². The van der Waals surface area contributed by atoms with Gasteiger partial charge in [0.05, 0.1) is 18.4 Å². The van der Waals surface area contributed by atoms with E-state index in [1.165, 1.54) is 12.1 Å². The Kier molecular flexibility index (Phi) is 4.57. The number of hydrogen-bond acceptors (Lipinski definition) is 3. The lowest BCUT2D eigenvalue weighted by molar-refractivity contribution is 0.505. The summed E-state index contributed by atoms with van der Waals surface area (Å²) in [6.07, 6.45) is 2.85. The van der Waals surface area contributed by atoms with Gasteiger partial charge in [0, 0.05) is 6.54 Å². The molecule has 0 fully saturated rings. The Labute approximate surface area is 110 Å². The molecule has 0 unspecified atom stereocenters. The molecule has 0 saturated carbocycles. The predicted octanol–water partition coefficient (Wildman–Crippen LogP) is 2.10. The quantitative estimate of drug-likeness (QED) is 0.814. The van der Waals surface area contributed by atoms with Crippen molar-refractivity contribution in [3.05, 3.63) is 47.3 Å². The molecule has 0 bridgehead atoms. The SMILES string of the molecule is CCCNCc1cn(Cc2ccc(F)c(F)c2)nn1. The molecule has 0 aliphatic rings. The summed E-state index contributed by atoms with van der Waals surface area (Å²) in [5.41, 5.74) is 1.48. The Balaban J connectivity index is 1.97. The van der Waals surface area contributed by atoms with Crippen LogP contribution >= 0.6 is 0 Å². The van der Waals surface area contributed by atoms with Crippen LogP contribution in [0.1, 0.15) is 24.6 Å². The number of halogens is 2. The fourth-order valence-electron chi connectivity index (χ4n) is 1.72. The molecule has 0 atom stereocenters. The molecule has 4 nitrogen and oxygen atoms in total. The van der Waals surface area contributed by atoms with Gasteiger partial charge in [-0.2, -0.15) is 0 Å². The summed E-state index contributed by atoms with van der Waals surface area (Å²) in [7, 11) is 0. The maximum atomic E-state index is 13.1. The van der Waals surface area contributed by atoms with Gasteiger partial charge in [-0.25, -0.2) is 13.5 Å². The summed E-state index contributed by atoms with van der Waals surface area (Å²) in [6, 6.07) is 3.83. The smallest absolute Gasteiger partial charge is 0.159 e. The van der Waals surface area contributed by atoms with E-state index in [0.717, 1.165) is 24.7 Å². The summed E-state index contributed by atoms with van der Waals surface area (Å²) in [5.74, 6) is -1.69. The van der Waals surface area contributed by atoms with Crippen molar-refractivity contribution in [3.63, 3.8) is 0 Å². The van der Waals surface area contributed by atoms with Gasteiger partial charge < -0.3 is 5.32 Å². The van der Waals surface area contributed by atoms with Gasteiger partial charge in [0.25, 0.3) is 0 Å². The molecular formula is C13H16F2N4. The molecule has 0 amide bonds. The Bertz CT molecular complexity index is 539. The van der Waals surface area contributed by atoms with E-state index in [9.17, 15) is 8.78 Å². The highest BCUT2D eigenvalue weighted by Gasteiger charge is 2.05. The van der Waals surface area contributed by atoms with E-state index < -0.39 is 11.6 Å². The fraction of sp³-hybridized carbons (Fsp3) is 0.385. The number of nitrogens with zero attached hydrogens (tertiary/aromatic N) is 3. The van der Waals surface area contributed by atoms with Gasteiger partial charge in [-0.3, -0.25) is 0 Å². The average Bonchev–Trinajstić information content (AvgIpc) is 2.82. The molecule has 6 heteroatoms. The molecule has 1 aromatic heterocycles. The Morgan fingerprint density at radius 2 is 2.11 bits per heavy atom. The summed E-state index contributed by atoms with van der Waals surface area (Å²) < 4.78 is 27.5. The van der Waals surface area contributed by atoms with Gasteiger partial charge in [0.15, 0.2) is 11.6 Å². The van der Waals surface area contributed by atoms with E-state index in [1.807, 2.05) is 0 Å². The van der Waals surface area contributed by atoms with Crippen molar-refractivity contribution in [3.8, 4) is 0 Å². The molecule has 1 aromatic carbocycles. The van der Waals surface area contributed by atoms with E-state index in [4.69, 9.17) is 0 Å². The first-order chi connectivity index (χ1) is 9.19. The maximum Gasteiger partial charge on any atom is 0.159 e. The molecule has 0 aliphatic heterocycles. The van der Waals surface area contributed by atoms with Crippen LogP contribution in [0, 0.1) is 11.6 Å². The first kappa shape index (κ1) is 13.6. The molecule has 0 spiro atoms. The van der Waals surface area contributed by atoms with E-state index in [0.29, 0.717) is 18.7 Å². The topological polar surface area (TPSA) is 42.7 Å². The number of aromatic nitrogens is 3. The van der Waals surface area contributed by atoms with Crippen LogP contribution < -0.4 is 5.32 Å². The summed E-state index contributed by atoms with van der Waals surface area (Å²) in [6.45, 7) is 4.05. The van der Waals surface area contributed by atoms with Crippen molar-refractivity contribution in [1.82, 2.24) is 20.3 Å². The molecule has 19 heavy (non-hydrogen) atoms. The minimum Gasteiger partial charge on any atom is -0.311 e. The first-order valence-electron chi connectivity index (χ1n) is 6.22. The highest BCUT2D eigenvalue weighted by atomic mass is 19.2. The lowest BCUT2D eigenvalue weighted by Gasteiger charge is -2.01. The molecule has 1 heterocycles. The lowest BCUT2D eigenvalue weighted by Crippen LogP contribution is -2.13. The molecule has 0 aliphatic carbocycles. The van der Waals surface area contributed by atoms with Crippen molar-refractivity contribution in [2.45, 2.75) is 26.4 Å². The minimum absolute atomic E-state index is 0.373. The van der Waals surface area contributed by atoms with Crippen LogP contribution in [0.25, 0.3) is 0 Å². The van der Waals surface area contributed by atoms with E-state index in [2.05, 4.69) is 22.6 Å². The zero-order valence-corrected chi connectivity index (χ0v) is 10.7. The van der Waals surface area contributed by atoms with Gasteiger partial charge in [-0.1, -0.05) is 18.2 Å². The molecule has 1 N–H and O–H groups in total. The van der Waals surface area contributed by atoms with Crippen LogP contribution in [0.4, 0.5) is 8.78 Å². The van der Waals surface area contributed by atoms with Gasteiger partial charge >= 0.3 is 0 Å². The first-order valence-corrected chi connectivity index (χ1v) is 6.22. The zero-order valence-electron chi connectivity index (χ0n) is 10.7. The van der Waals surface area contributed by atoms with Crippen molar-refractivity contribution in [2.75, 3.05) is 6.54 Å². The van der Waals surface area contributed by atoms with Crippen LogP contribution in [-0.4, -0.2) is 21.5 Å². The second-order valence-electron chi connectivity index (χ2n) is 4.33. The van der Waals surface area contributed by atoms with Gasteiger partial charge in [0.1, 0.15) is 0 Å². The van der Waals surface area contributed by atoms with Gasteiger partial charge in [0.2, 0.25) is 0 Å². The van der Waals surface area contributed by atoms with Crippen molar-refractivity contribution in [1.29, 1.82) is 0 Å². The van der Waals surface area contributed by atoms with Crippen LogP contribution in [0.2, 0.25) is 0 Å². The third-order valence-corrected chi connectivity index (χ3v) is 2.65. The lowest BCUT2D eigenvalue weighted by atomic mass is 10.2. The Morgan fingerprint density at radius 1 is 1.26 bits per heavy atom. The largest absolute Gasteiger partial charge is 0.311 e. The monoisotopic (exact) mass is 266 g/mol. The fourth-order valence-corrected chi connectivity index (χ4v) is 1.72. The van der Waals surface area contributed by atoms with Crippen molar-refractivity contribution in [2.24, 2.45) is 0 Å². The molecular weight excluding hydrogens is 250 g/mol. The number of benzene rings is 1. The Morgan fingerprint density at radius 3 is 2.84 bits per heavy atom. The normalized spacial score (nSPS) is 10.9. The molecule has 102 valence electrons. The highest BCUT2D eigenvalue weighted by molar-refractivity contribution is 5.18. The van der Waals surface area contributed by atoms with Gasteiger partial charge in [-0.05, 0) is 30.7 Å². The third kappa shape index (κ3) is 3.82. The van der Waals surface area contributed by atoms with E-state index in [1.54, 1.807) is 10.9 Å². The van der Waals surface area contributed by atoms with Crippen molar-refractivity contribution < 1.29 is 8.78 Å². The molecule has 2 rings (SSSR count). The number of rotatable bonds is 6. The highest BCUT2D eigenvalue weighted by Crippen LogP contribution is 2.09. The van der Waals surface area contributed by atoms with Crippen LogP contribution in [0.5, 0.6) is 0 Å². The van der Waals surface area contributed by atoms with Crippen LogP contribution in [0.3, 0.4) is 0 Å². The van der Waals surface area contributed by atoms with Crippen LogP contribution in [0.15, 0.2) is 24.4 Å². The van der Waals surface area contributed by atoms with Crippen LogP contribution in [-0.2, 0) is 13.1 Å². The third-order valence-electron chi connectivity index (χ3n) is 2.65. The Hall–Kier alpha value is -1.82. The van der Waals surface area contributed by atoms with Gasteiger partial charge in [-0.15, -0.1) is 5.10 Å². The zero-order chi connectivity index (χ0) is 13.7.